The van der Waals surface area contributed by atoms with Gasteiger partial charge in [0.1, 0.15) is 0 Å². The molecule has 1 saturated carbocycles. The van der Waals surface area contributed by atoms with Crippen LogP contribution in [-0.4, -0.2) is 16.5 Å². The summed E-state index contributed by atoms with van der Waals surface area (Å²) in [6.07, 6.45) is 7.81. The largest absolute Gasteiger partial charge is 0.354 e. The lowest BCUT2D eigenvalue weighted by Crippen LogP contribution is -2.17. The Balaban J connectivity index is 1.85. The van der Waals surface area contributed by atoms with Crippen molar-refractivity contribution in [3.8, 4) is 0 Å². The molecule has 0 radical (unpaired) electrons. The Hall–Kier alpha value is -1.12. The van der Waals surface area contributed by atoms with Crippen molar-refractivity contribution >= 4 is 5.95 Å². The van der Waals surface area contributed by atoms with Crippen molar-refractivity contribution < 1.29 is 0 Å². The monoisotopic (exact) mass is 205 g/mol. The first-order valence-corrected chi connectivity index (χ1v) is 5.78. The number of nitrogens with one attached hydrogen (secondary N) is 1. The molecule has 0 spiro atoms. The lowest BCUT2D eigenvalue weighted by molar-refractivity contribution is 0.439. The summed E-state index contributed by atoms with van der Waals surface area (Å²) in [7, 11) is 0. The van der Waals surface area contributed by atoms with Crippen molar-refractivity contribution in [1.29, 1.82) is 0 Å². The standard InChI is InChI=1S/C12H19N3/c1-9-6-13-12(14-7-9)15-8-11-5-3-4-10(11)2/h6-7,10-11H,3-5,8H2,1-2H3,(H,13,14,15). The van der Waals surface area contributed by atoms with E-state index in [1.54, 1.807) is 0 Å². The summed E-state index contributed by atoms with van der Waals surface area (Å²) >= 11 is 0. The second-order valence-electron chi connectivity index (χ2n) is 4.63. The Morgan fingerprint density at radius 1 is 1.33 bits per heavy atom. The smallest absolute Gasteiger partial charge is 0.222 e. The number of nitrogens with zero attached hydrogens (tertiary/aromatic N) is 2. The molecule has 1 aliphatic rings. The van der Waals surface area contributed by atoms with Crippen molar-refractivity contribution in [1.82, 2.24) is 9.97 Å². The molecule has 0 saturated heterocycles. The van der Waals surface area contributed by atoms with Crippen molar-refractivity contribution in [2.45, 2.75) is 33.1 Å². The normalized spacial score (nSPS) is 25.5. The molecule has 1 heterocycles. The summed E-state index contributed by atoms with van der Waals surface area (Å²) < 4.78 is 0. The molecular weight excluding hydrogens is 186 g/mol. The summed E-state index contributed by atoms with van der Waals surface area (Å²) in [6, 6.07) is 0. The van der Waals surface area contributed by atoms with Gasteiger partial charge in [-0.05, 0) is 30.7 Å². The maximum Gasteiger partial charge on any atom is 0.222 e. The number of anilines is 1. The molecule has 0 aliphatic heterocycles. The number of hydrogen-bond acceptors (Lipinski definition) is 3. The van der Waals surface area contributed by atoms with Gasteiger partial charge in [0.15, 0.2) is 0 Å². The Morgan fingerprint density at radius 3 is 2.67 bits per heavy atom. The minimum atomic E-state index is 0.764. The van der Waals surface area contributed by atoms with Gasteiger partial charge in [-0.15, -0.1) is 0 Å². The van der Waals surface area contributed by atoms with Gasteiger partial charge < -0.3 is 5.32 Å². The quantitative estimate of drug-likeness (QED) is 0.824. The number of hydrogen-bond donors (Lipinski definition) is 1. The topological polar surface area (TPSA) is 37.8 Å². The lowest BCUT2D eigenvalue weighted by atomic mass is 9.98. The van der Waals surface area contributed by atoms with Crippen LogP contribution < -0.4 is 5.32 Å². The van der Waals surface area contributed by atoms with Gasteiger partial charge in [-0.25, -0.2) is 9.97 Å². The Bertz CT molecular complexity index is 307. The number of rotatable bonds is 3. The third kappa shape index (κ3) is 2.67. The number of aromatic nitrogens is 2. The highest BCUT2D eigenvalue weighted by Gasteiger charge is 2.22. The minimum Gasteiger partial charge on any atom is -0.354 e. The molecule has 15 heavy (non-hydrogen) atoms. The fraction of sp³-hybridized carbons (Fsp3) is 0.667. The second kappa shape index (κ2) is 4.60. The van der Waals surface area contributed by atoms with Gasteiger partial charge in [-0.3, -0.25) is 0 Å². The SMILES string of the molecule is Cc1cnc(NCC2CCCC2C)nc1. The van der Waals surface area contributed by atoms with Crippen LogP contribution in [-0.2, 0) is 0 Å². The molecule has 1 aliphatic carbocycles. The maximum absolute atomic E-state index is 4.24. The zero-order chi connectivity index (χ0) is 10.7. The lowest BCUT2D eigenvalue weighted by Gasteiger charge is -2.15. The molecular formula is C12H19N3. The summed E-state index contributed by atoms with van der Waals surface area (Å²) in [6.45, 7) is 5.36. The van der Waals surface area contributed by atoms with Crippen molar-refractivity contribution in [2.75, 3.05) is 11.9 Å². The highest BCUT2D eigenvalue weighted by molar-refractivity contribution is 5.24. The molecule has 2 unspecified atom stereocenters. The van der Waals surface area contributed by atoms with E-state index in [9.17, 15) is 0 Å². The first-order valence-electron chi connectivity index (χ1n) is 5.78. The third-order valence-electron chi connectivity index (χ3n) is 3.34. The predicted molar refractivity (Wildman–Crippen MR) is 61.8 cm³/mol. The predicted octanol–water partition coefficient (Wildman–Crippen LogP) is 2.63. The van der Waals surface area contributed by atoms with Crippen LogP contribution in [0.5, 0.6) is 0 Å². The molecule has 3 nitrogen and oxygen atoms in total. The molecule has 3 heteroatoms. The van der Waals surface area contributed by atoms with E-state index in [1.165, 1.54) is 19.3 Å². The van der Waals surface area contributed by atoms with Gasteiger partial charge in [0.05, 0.1) is 0 Å². The third-order valence-corrected chi connectivity index (χ3v) is 3.34. The first kappa shape index (κ1) is 10.4. The van der Waals surface area contributed by atoms with Gasteiger partial charge in [0.2, 0.25) is 5.95 Å². The van der Waals surface area contributed by atoms with Crippen LogP contribution in [0.25, 0.3) is 0 Å². The van der Waals surface area contributed by atoms with Crippen LogP contribution >= 0.6 is 0 Å². The van der Waals surface area contributed by atoms with E-state index in [1.807, 2.05) is 19.3 Å². The molecule has 1 fully saturated rings. The molecule has 0 amide bonds. The molecule has 2 atom stereocenters. The van der Waals surface area contributed by atoms with E-state index < -0.39 is 0 Å². The molecule has 0 aromatic carbocycles. The summed E-state index contributed by atoms with van der Waals surface area (Å²) in [4.78, 5) is 8.48. The fourth-order valence-corrected chi connectivity index (χ4v) is 2.23. The van der Waals surface area contributed by atoms with Crippen molar-refractivity contribution in [2.24, 2.45) is 11.8 Å². The van der Waals surface area contributed by atoms with Gasteiger partial charge in [0, 0.05) is 18.9 Å². The Kier molecular flexibility index (Phi) is 3.19. The molecule has 1 N–H and O–H groups in total. The molecule has 2 rings (SSSR count). The van der Waals surface area contributed by atoms with E-state index in [4.69, 9.17) is 0 Å². The van der Waals surface area contributed by atoms with Crippen LogP contribution in [0.15, 0.2) is 12.4 Å². The number of aryl methyl sites for hydroxylation is 1. The average Bonchev–Trinajstić information content (AvgIpc) is 2.63. The van der Waals surface area contributed by atoms with Crippen molar-refractivity contribution in [3.63, 3.8) is 0 Å². The minimum absolute atomic E-state index is 0.764. The summed E-state index contributed by atoms with van der Waals surface area (Å²) in [5, 5.41) is 3.32. The van der Waals surface area contributed by atoms with Gasteiger partial charge in [-0.1, -0.05) is 19.8 Å². The van der Waals surface area contributed by atoms with E-state index in [-0.39, 0.29) is 0 Å². The fourth-order valence-electron chi connectivity index (χ4n) is 2.23. The average molecular weight is 205 g/mol. The van der Waals surface area contributed by atoms with Crippen LogP contribution in [0, 0.1) is 18.8 Å². The van der Waals surface area contributed by atoms with Crippen LogP contribution in [0.2, 0.25) is 0 Å². The molecule has 1 aromatic rings. The van der Waals surface area contributed by atoms with Crippen LogP contribution in [0.3, 0.4) is 0 Å². The van der Waals surface area contributed by atoms with E-state index >= 15 is 0 Å². The van der Waals surface area contributed by atoms with E-state index in [0.29, 0.717) is 0 Å². The van der Waals surface area contributed by atoms with Crippen LogP contribution in [0.1, 0.15) is 31.7 Å². The highest BCUT2D eigenvalue weighted by Crippen LogP contribution is 2.30. The van der Waals surface area contributed by atoms with E-state index in [2.05, 4.69) is 22.2 Å². The second-order valence-corrected chi connectivity index (χ2v) is 4.63. The molecule has 82 valence electrons. The van der Waals surface area contributed by atoms with Crippen LogP contribution in [0.4, 0.5) is 5.95 Å². The zero-order valence-electron chi connectivity index (χ0n) is 9.53. The van der Waals surface area contributed by atoms with Gasteiger partial charge >= 0.3 is 0 Å². The molecule has 1 aromatic heterocycles. The molecule has 0 bridgehead atoms. The summed E-state index contributed by atoms with van der Waals surface area (Å²) in [5.74, 6) is 2.41. The van der Waals surface area contributed by atoms with Crippen molar-refractivity contribution in [3.05, 3.63) is 18.0 Å². The Labute approximate surface area is 91.3 Å². The van der Waals surface area contributed by atoms with E-state index in [0.717, 1.165) is 29.9 Å². The van der Waals surface area contributed by atoms with Gasteiger partial charge in [-0.2, -0.15) is 0 Å². The Morgan fingerprint density at radius 2 is 2.07 bits per heavy atom. The summed E-state index contributed by atoms with van der Waals surface area (Å²) in [5.41, 5.74) is 1.11. The first-order chi connectivity index (χ1) is 7.25. The van der Waals surface area contributed by atoms with Gasteiger partial charge in [0.25, 0.3) is 0 Å². The maximum atomic E-state index is 4.24. The highest BCUT2D eigenvalue weighted by atomic mass is 15.1. The zero-order valence-corrected chi connectivity index (χ0v) is 9.53.